The molecule has 0 bridgehead atoms. The molecule has 2 nitrogen and oxygen atoms in total. The standard InChI is InChI=1S/C13H8Cl2INO/c14-8-5-6-9(10(15)7-8)13(18)17-12-4-2-1-3-11(12)16/h1-7H,(H,17,18). The number of hydrogen-bond acceptors (Lipinski definition) is 1. The molecular formula is C13H8Cl2INO. The lowest BCUT2D eigenvalue weighted by Gasteiger charge is -2.08. The van der Waals surface area contributed by atoms with E-state index in [0.29, 0.717) is 15.6 Å². The number of anilines is 1. The summed E-state index contributed by atoms with van der Waals surface area (Å²) in [6.45, 7) is 0. The van der Waals surface area contributed by atoms with E-state index < -0.39 is 0 Å². The van der Waals surface area contributed by atoms with Gasteiger partial charge in [-0.1, -0.05) is 35.3 Å². The van der Waals surface area contributed by atoms with Crippen LogP contribution in [0.1, 0.15) is 10.4 Å². The summed E-state index contributed by atoms with van der Waals surface area (Å²) < 4.78 is 0.966. The molecule has 0 spiro atoms. The van der Waals surface area contributed by atoms with Crippen molar-refractivity contribution in [2.75, 3.05) is 5.32 Å². The molecule has 0 radical (unpaired) electrons. The number of hydrogen-bond donors (Lipinski definition) is 1. The number of nitrogens with one attached hydrogen (secondary N) is 1. The molecule has 0 saturated heterocycles. The molecule has 1 N–H and O–H groups in total. The summed E-state index contributed by atoms with van der Waals surface area (Å²) in [4.78, 5) is 12.1. The Kier molecular flexibility index (Phi) is 4.48. The predicted molar refractivity (Wildman–Crippen MR) is 83.6 cm³/mol. The number of amides is 1. The molecular weight excluding hydrogens is 384 g/mol. The highest BCUT2D eigenvalue weighted by atomic mass is 127. The van der Waals surface area contributed by atoms with E-state index in [1.807, 2.05) is 24.3 Å². The maximum atomic E-state index is 12.1. The maximum Gasteiger partial charge on any atom is 0.257 e. The van der Waals surface area contributed by atoms with Crippen molar-refractivity contribution in [2.24, 2.45) is 0 Å². The zero-order chi connectivity index (χ0) is 13.1. The van der Waals surface area contributed by atoms with Gasteiger partial charge in [-0.15, -0.1) is 0 Å². The molecule has 0 aliphatic rings. The number of benzene rings is 2. The van der Waals surface area contributed by atoms with E-state index in [4.69, 9.17) is 23.2 Å². The van der Waals surface area contributed by atoms with Crippen molar-refractivity contribution >= 4 is 57.4 Å². The van der Waals surface area contributed by atoms with Crippen LogP contribution in [0.5, 0.6) is 0 Å². The normalized spacial score (nSPS) is 10.2. The first-order chi connectivity index (χ1) is 8.58. The highest BCUT2D eigenvalue weighted by Gasteiger charge is 2.11. The Morgan fingerprint density at radius 3 is 2.50 bits per heavy atom. The largest absolute Gasteiger partial charge is 0.321 e. The van der Waals surface area contributed by atoms with E-state index >= 15 is 0 Å². The highest BCUT2D eigenvalue weighted by Crippen LogP contribution is 2.23. The molecule has 92 valence electrons. The summed E-state index contributed by atoms with van der Waals surface area (Å²) in [7, 11) is 0. The summed E-state index contributed by atoms with van der Waals surface area (Å²) in [5.41, 5.74) is 1.16. The van der Waals surface area contributed by atoms with Gasteiger partial charge in [0.25, 0.3) is 5.91 Å². The SMILES string of the molecule is O=C(Nc1ccccc1I)c1ccc(Cl)cc1Cl. The lowest BCUT2D eigenvalue weighted by atomic mass is 10.2. The molecule has 0 aliphatic carbocycles. The van der Waals surface area contributed by atoms with Gasteiger partial charge in [0.2, 0.25) is 0 Å². The molecule has 0 fully saturated rings. The van der Waals surface area contributed by atoms with Gasteiger partial charge < -0.3 is 5.32 Å². The average Bonchev–Trinajstić information content (AvgIpc) is 2.32. The van der Waals surface area contributed by atoms with Crippen LogP contribution < -0.4 is 5.32 Å². The van der Waals surface area contributed by atoms with Crippen molar-refractivity contribution in [1.29, 1.82) is 0 Å². The minimum absolute atomic E-state index is 0.249. The first-order valence-corrected chi connectivity index (χ1v) is 6.92. The van der Waals surface area contributed by atoms with Crippen LogP contribution in [-0.4, -0.2) is 5.91 Å². The molecule has 0 saturated carbocycles. The van der Waals surface area contributed by atoms with Gasteiger partial charge in [-0.25, -0.2) is 0 Å². The number of halogens is 3. The van der Waals surface area contributed by atoms with Gasteiger partial charge >= 0.3 is 0 Å². The number of carbonyl (C=O) groups excluding carboxylic acids is 1. The van der Waals surface area contributed by atoms with E-state index in [9.17, 15) is 4.79 Å². The van der Waals surface area contributed by atoms with Crippen molar-refractivity contribution in [2.45, 2.75) is 0 Å². The molecule has 0 heterocycles. The van der Waals surface area contributed by atoms with Crippen molar-refractivity contribution < 1.29 is 4.79 Å². The van der Waals surface area contributed by atoms with Crippen molar-refractivity contribution in [1.82, 2.24) is 0 Å². The van der Waals surface area contributed by atoms with Crippen LogP contribution in [0.2, 0.25) is 10.0 Å². The van der Waals surface area contributed by atoms with Crippen LogP contribution in [-0.2, 0) is 0 Å². The van der Waals surface area contributed by atoms with Gasteiger partial charge in [0, 0.05) is 8.59 Å². The van der Waals surface area contributed by atoms with Gasteiger partial charge in [0.1, 0.15) is 0 Å². The van der Waals surface area contributed by atoms with Crippen molar-refractivity contribution in [3.8, 4) is 0 Å². The van der Waals surface area contributed by atoms with Crippen LogP contribution in [0.3, 0.4) is 0 Å². The van der Waals surface area contributed by atoms with Crippen LogP contribution in [0.25, 0.3) is 0 Å². The second-order valence-electron chi connectivity index (χ2n) is 3.56. The van der Waals surface area contributed by atoms with Gasteiger partial charge in [-0.05, 0) is 52.9 Å². The number of rotatable bonds is 2. The summed E-state index contributed by atoms with van der Waals surface area (Å²) in [5.74, 6) is -0.249. The lowest BCUT2D eigenvalue weighted by molar-refractivity contribution is 0.102. The van der Waals surface area contributed by atoms with Crippen molar-refractivity contribution in [3.05, 3.63) is 61.6 Å². The van der Waals surface area contributed by atoms with Gasteiger partial charge in [-0.3, -0.25) is 4.79 Å². The second kappa shape index (κ2) is 5.91. The third-order valence-corrected chi connectivity index (χ3v) is 3.79. The molecule has 0 aromatic heterocycles. The minimum Gasteiger partial charge on any atom is -0.321 e. The minimum atomic E-state index is -0.249. The quantitative estimate of drug-likeness (QED) is 0.728. The fourth-order valence-corrected chi connectivity index (χ4v) is 2.44. The molecule has 0 aliphatic heterocycles. The Morgan fingerprint density at radius 2 is 1.83 bits per heavy atom. The van der Waals surface area contributed by atoms with Gasteiger partial charge in [0.15, 0.2) is 0 Å². The summed E-state index contributed by atoms with van der Waals surface area (Å²) in [5, 5.41) is 3.66. The number of para-hydroxylation sites is 1. The second-order valence-corrected chi connectivity index (χ2v) is 5.56. The molecule has 5 heteroatoms. The first-order valence-electron chi connectivity index (χ1n) is 5.09. The highest BCUT2D eigenvalue weighted by molar-refractivity contribution is 14.1. The van der Waals surface area contributed by atoms with Crippen LogP contribution in [0, 0.1) is 3.57 Å². The monoisotopic (exact) mass is 391 g/mol. The molecule has 2 rings (SSSR count). The Bertz CT molecular complexity index is 601. The smallest absolute Gasteiger partial charge is 0.257 e. The lowest BCUT2D eigenvalue weighted by Crippen LogP contribution is -2.13. The Hall–Kier alpha value is -0.780. The third-order valence-electron chi connectivity index (χ3n) is 2.30. The van der Waals surface area contributed by atoms with E-state index in [1.54, 1.807) is 18.2 Å². The fourth-order valence-electron chi connectivity index (χ4n) is 1.43. The zero-order valence-electron chi connectivity index (χ0n) is 9.08. The maximum absolute atomic E-state index is 12.1. The Morgan fingerprint density at radius 1 is 1.11 bits per heavy atom. The van der Waals surface area contributed by atoms with Crippen molar-refractivity contribution in [3.63, 3.8) is 0 Å². The van der Waals surface area contributed by atoms with E-state index in [-0.39, 0.29) is 5.91 Å². The van der Waals surface area contributed by atoms with Gasteiger partial charge in [0.05, 0.1) is 16.3 Å². The average molecular weight is 392 g/mol. The fraction of sp³-hybridized carbons (Fsp3) is 0. The molecule has 0 atom stereocenters. The zero-order valence-corrected chi connectivity index (χ0v) is 12.8. The molecule has 0 unspecified atom stereocenters. The summed E-state index contributed by atoms with van der Waals surface area (Å²) in [6, 6.07) is 12.3. The molecule has 2 aromatic carbocycles. The van der Waals surface area contributed by atoms with E-state index in [1.165, 1.54) is 0 Å². The van der Waals surface area contributed by atoms with Crippen LogP contribution in [0.15, 0.2) is 42.5 Å². The molecule has 18 heavy (non-hydrogen) atoms. The van der Waals surface area contributed by atoms with E-state index in [0.717, 1.165) is 9.26 Å². The van der Waals surface area contributed by atoms with Crippen LogP contribution in [0.4, 0.5) is 5.69 Å². The number of carbonyl (C=O) groups is 1. The van der Waals surface area contributed by atoms with Gasteiger partial charge in [-0.2, -0.15) is 0 Å². The predicted octanol–water partition coefficient (Wildman–Crippen LogP) is 4.85. The molecule has 2 aromatic rings. The van der Waals surface area contributed by atoms with Crippen LogP contribution >= 0.6 is 45.8 Å². The summed E-state index contributed by atoms with van der Waals surface area (Å²) in [6.07, 6.45) is 0. The Balaban J connectivity index is 2.25. The topological polar surface area (TPSA) is 29.1 Å². The third kappa shape index (κ3) is 3.16. The summed E-state index contributed by atoms with van der Waals surface area (Å²) >= 11 is 13.9. The Labute approximate surface area is 128 Å². The van der Waals surface area contributed by atoms with E-state index in [2.05, 4.69) is 27.9 Å². The first kappa shape index (κ1) is 13.6. The molecule has 1 amide bonds.